The molecule has 1 heterocycles. The average molecular weight is 314 g/mol. The van der Waals surface area contributed by atoms with Crippen LogP contribution in [-0.2, 0) is 19.1 Å². The zero-order chi connectivity index (χ0) is 16.8. The topological polar surface area (TPSA) is 69.7 Å². The fourth-order valence-corrected chi connectivity index (χ4v) is 2.07. The first-order valence-corrected chi connectivity index (χ1v) is 7.40. The quantitative estimate of drug-likeness (QED) is 0.459. The Morgan fingerprint density at radius 1 is 1.26 bits per heavy atom. The van der Waals surface area contributed by atoms with Crippen molar-refractivity contribution in [2.45, 2.75) is 20.3 Å². The van der Waals surface area contributed by atoms with Crippen molar-refractivity contribution in [3.63, 3.8) is 0 Å². The summed E-state index contributed by atoms with van der Waals surface area (Å²) in [7, 11) is 0. The van der Waals surface area contributed by atoms with Crippen LogP contribution in [0.3, 0.4) is 0 Å². The fraction of sp³-hybridized carbons (Fsp3) is 0.278. The minimum Gasteiger partial charge on any atom is -0.494 e. The van der Waals surface area contributed by atoms with Crippen molar-refractivity contribution in [2.24, 2.45) is 5.92 Å². The molecule has 1 unspecified atom stereocenters. The number of esters is 1. The second-order valence-electron chi connectivity index (χ2n) is 5.16. The number of cyclic esters (lactones) is 1. The maximum atomic E-state index is 12.0. The van der Waals surface area contributed by atoms with E-state index in [2.05, 4.69) is 0 Å². The maximum Gasteiger partial charge on any atom is 0.329 e. The molecule has 5 nitrogen and oxygen atoms in total. The number of ether oxygens (including phenoxy) is 2. The molecule has 2 rings (SSSR count). The summed E-state index contributed by atoms with van der Waals surface area (Å²) in [4.78, 5) is 35.5. The molecule has 0 N–H and O–H groups in total. The van der Waals surface area contributed by atoms with Crippen LogP contribution in [0.1, 0.15) is 25.8 Å². The monoisotopic (exact) mass is 314 g/mol. The first-order chi connectivity index (χ1) is 11.0. The summed E-state index contributed by atoms with van der Waals surface area (Å²) in [5.41, 5.74) is 0.769. The van der Waals surface area contributed by atoms with Crippen LogP contribution in [0.5, 0.6) is 5.75 Å². The first kappa shape index (κ1) is 16.7. The van der Waals surface area contributed by atoms with Crippen molar-refractivity contribution in [3.8, 4) is 5.75 Å². The van der Waals surface area contributed by atoms with Gasteiger partial charge in [0.1, 0.15) is 11.5 Å². The summed E-state index contributed by atoms with van der Waals surface area (Å²) in [6, 6.07) is 7.18. The SMILES string of the molecule is CCCOc1ccc(C=CC(=O)C2C(=O)C=C(C)OC2=O)cc1. The van der Waals surface area contributed by atoms with E-state index in [0.29, 0.717) is 6.61 Å². The van der Waals surface area contributed by atoms with Gasteiger partial charge in [-0.1, -0.05) is 25.1 Å². The van der Waals surface area contributed by atoms with Crippen molar-refractivity contribution < 1.29 is 23.9 Å². The van der Waals surface area contributed by atoms with E-state index < -0.39 is 23.5 Å². The summed E-state index contributed by atoms with van der Waals surface area (Å²) in [6.45, 7) is 4.16. The van der Waals surface area contributed by atoms with E-state index in [-0.39, 0.29) is 5.76 Å². The highest BCUT2D eigenvalue weighted by Crippen LogP contribution is 2.17. The molecule has 1 aromatic carbocycles. The number of carbonyl (C=O) groups excluding carboxylic acids is 3. The summed E-state index contributed by atoms with van der Waals surface area (Å²) in [5.74, 6) is -2.40. The van der Waals surface area contributed by atoms with Gasteiger partial charge in [0.15, 0.2) is 17.5 Å². The molecule has 1 aromatic rings. The van der Waals surface area contributed by atoms with E-state index in [4.69, 9.17) is 9.47 Å². The van der Waals surface area contributed by atoms with E-state index in [9.17, 15) is 14.4 Å². The van der Waals surface area contributed by atoms with Gasteiger partial charge in [-0.2, -0.15) is 0 Å². The summed E-state index contributed by atoms with van der Waals surface area (Å²) >= 11 is 0. The molecule has 0 radical (unpaired) electrons. The van der Waals surface area contributed by atoms with Crippen LogP contribution in [0.4, 0.5) is 0 Å². The van der Waals surface area contributed by atoms with Gasteiger partial charge in [-0.3, -0.25) is 14.4 Å². The lowest BCUT2D eigenvalue weighted by Gasteiger charge is -2.15. The van der Waals surface area contributed by atoms with Crippen molar-refractivity contribution in [3.05, 3.63) is 47.7 Å². The van der Waals surface area contributed by atoms with E-state index in [1.165, 1.54) is 13.0 Å². The lowest BCUT2D eigenvalue weighted by molar-refractivity contribution is -0.151. The van der Waals surface area contributed by atoms with Crippen molar-refractivity contribution in [1.82, 2.24) is 0 Å². The van der Waals surface area contributed by atoms with E-state index in [1.54, 1.807) is 30.3 Å². The number of carbonyl (C=O) groups is 3. The molecule has 0 bridgehead atoms. The first-order valence-electron chi connectivity index (χ1n) is 7.40. The Bertz CT molecular complexity index is 667. The molecule has 23 heavy (non-hydrogen) atoms. The Kier molecular flexibility index (Phi) is 5.46. The molecule has 0 spiro atoms. The fourth-order valence-electron chi connectivity index (χ4n) is 2.07. The van der Waals surface area contributed by atoms with Crippen LogP contribution in [-0.4, -0.2) is 24.1 Å². The highest BCUT2D eigenvalue weighted by atomic mass is 16.5. The minimum atomic E-state index is -1.40. The van der Waals surface area contributed by atoms with Crippen LogP contribution in [0.15, 0.2) is 42.2 Å². The van der Waals surface area contributed by atoms with E-state index in [0.717, 1.165) is 23.8 Å². The zero-order valence-corrected chi connectivity index (χ0v) is 13.1. The normalized spacial score (nSPS) is 17.8. The molecule has 5 heteroatoms. The lowest BCUT2D eigenvalue weighted by Crippen LogP contribution is -2.34. The largest absolute Gasteiger partial charge is 0.494 e. The van der Waals surface area contributed by atoms with Gasteiger partial charge < -0.3 is 9.47 Å². The van der Waals surface area contributed by atoms with Crippen molar-refractivity contribution in [1.29, 1.82) is 0 Å². The number of benzene rings is 1. The maximum absolute atomic E-state index is 12.0. The van der Waals surface area contributed by atoms with E-state index in [1.807, 2.05) is 6.92 Å². The molecule has 0 aromatic heterocycles. The summed E-state index contributed by atoms with van der Waals surface area (Å²) in [6.07, 6.45) is 4.87. The predicted octanol–water partition coefficient (Wildman–Crippen LogP) is 2.70. The molecular formula is C18H18O5. The molecule has 0 amide bonds. The van der Waals surface area contributed by atoms with Gasteiger partial charge in [0.2, 0.25) is 0 Å². The van der Waals surface area contributed by atoms with Gasteiger partial charge in [0, 0.05) is 6.08 Å². The molecule has 120 valence electrons. The van der Waals surface area contributed by atoms with Crippen LogP contribution < -0.4 is 4.74 Å². The third-order valence-electron chi connectivity index (χ3n) is 3.20. The standard InChI is InChI=1S/C18H18O5/c1-3-10-22-14-7-4-13(5-8-14)6-9-15(19)17-16(20)11-12(2)23-18(17)21/h4-9,11,17H,3,10H2,1-2H3. The second kappa shape index (κ2) is 7.54. The summed E-state index contributed by atoms with van der Waals surface area (Å²) < 4.78 is 10.3. The van der Waals surface area contributed by atoms with Crippen molar-refractivity contribution in [2.75, 3.05) is 6.61 Å². The third-order valence-corrected chi connectivity index (χ3v) is 3.20. The van der Waals surface area contributed by atoms with Gasteiger partial charge in [0.05, 0.1) is 6.61 Å². The Balaban J connectivity index is 2.03. The van der Waals surface area contributed by atoms with Crippen LogP contribution in [0.2, 0.25) is 0 Å². The van der Waals surface area contributed by atoms with Gasteiger partial charge in [-0.05, 0) is 37.1 Å². The molecular weight excluding hydrogens is 296 g/mol. The van der Waals surface area contributed by atoms with E-state index >= 15 is 0 Å². The highest BCUT2D eigenvalue weighted by Gasteiger charge is 2.36. The van der Waals surface area contributed by atoms with Crippen LogP contribution >= 0.6 is 0 Å². The second-order valence-corrected chi connectivity index (χ2v) is 5.16. The molecule has 0 saturated carbocycles. The predicted molar refractivity (Wildman–Crippen MR) is 84.6 cm³/mol. The van der Waals surface area contributed by atoms with Gasteiger partial charge >= 0.3 is 5.97 Å². The molecule has 0 fully saturated rings. The third kappa shape index (κ3) is 4.39. The van der Waals surface area contributed by atoms with Gasteiger partial charge in [-0.25, -0.2) is 0 Å². The molecule has 1 aliphatic heterocycles. The number of rotatable bonds is 6. The molecule has 1 aliphatic rings. The minimum absolute atomic E-state index is 0.204. The zero-order valence-electron chi connectivity index (χ0n) is 13.1. The summed E-state index contributed by atoms with van der Waals surface area (Å²) in [5, 5.41) is 0. The van der Waals surface area contributed by atoms with Crippen LogP contribution in [0.25, 0.3) is 6.08 Å². The number of allylic oxidation sites excluding steroid dienone is 3. The number of hydrogen-bond acceptors (Lipinski definition) is 5. The molecule has 0 saturated heterocycles. The van der Waals surface area contributed by atoms with Crippen LogP contribution in [0, 0.1) is 5.92 Å². The number of hydrogen-bond donors (Lipinski definition) is 0. The number of ketones is 2. The lowest BCUT2D eigenvalue weighted by atomic mass is 9.96. The Morgan fingerprint density at radius 3 is 2.57 bits per heavy atom. The van der Waals surface area contributed by atoms with Crippen molar-refractivity contribution >= 4 is 23.6 Å². The molecule has 0 aliphatic carbocycles. The Hall–Kier alpha value is -2.69. The molecule has 1 atom stereocenters. The smallest absolute Gasteiger partial charge is 0.329 e. The van der Waals surface area contributed by atoms with Gasteiger partial charge in [0.25, 0.3) is 0 Å². The average Bonchev–Trinajstić information content (AvgIpc) is 2.51. The Labute approximate surface area is 134 Å². The Morgan fingerprint density at radius 2 is 1.96 bits per heavy atom. The van der Waals surface area contributed by atoms with Gasteiger partial charge in [-0.15, -0.1) is 0 Å². The highest BCUT2D eigenvalue weighted by molar-refractivity contribution is 6.25.